The van der Waals surface area contributed by atoms with E-state index >= 15 is 0 Å². The smallest absolute Gasteiger partial charge is 0.160 e. The molecular formula is C130H77N9S. The summed E-state index contributed by atoms with van der Waals surface area (Å²) < 4.78 is 14.9. The van der Waals surface area contributed by atoms with Crippen molar-refractivity contribution in [1.29, 1.82) is 0 Å². The highest BCUT2D eigenvalue weighted by atomic mass is 32.1. The highest BCUT2D eigenvalue weighted by molar-refractivity contribution is 7.26. The average molecular weight is 1800 g/mol. The summed E-state index contributed by atoms with van der Waals surface area (Å²) in [5.74, 6) is 1.42. The SMILES string of the molecule is c1ccc(-n2c3ccccc3c3c(-c4nc(-c5ccc6cc(-n7c8ccccc8c8c(-n9c%10ccccc%10c%10cc%11ccccc%11cc%109)c9ccccc9cc87)ccc6c5)nc5ccccc45)cccc32)cc1.c1ccc2cc3c(cc2c1)c1ccccc1n3-c1c2ccccc2cc2c1c1ccccc1n2-c1ccc2cc(-c3nc(-c4cccc5sc6ccccc6c45)c4ccccc4n3)ccc2c1. The zero-order chi connectivity index (χ0) is 91.5. The minimum Gasteiger partial charge on any atom is -0.309 e. The van der Waals surface area contributed by atoms with Gasteiger partial charge in [-0.2, -0.15) is 0 Å². The van der Waals surface area contributed by atoms with Crippen molar-refractivity contribution in [2.75, 3.05) is 0 Å². The molecule has 9 nitrogen and oxygen atoms in total. The van der Waals surface area contributed by atoms with Gasteiger partial charge in [0.15, 0.2) is 11.6 Å². The largest absolute Gasteiger partial charge is 0.309 e. The van der Waals surface area contributed by atoms with Gasteiger partial charge >= 0.3 is 0 Å². The number of rotatable bonds is 9. The molecule has 0 saturated carbocycles. The van der Waals surface area contributed by atoms with Crippen molar-refractivity contribution in [3.8, 4) is 73.7 Å². The zero-order valence-corrected chi connectivity index (χ0v) is 76.2. The number of para-hydroxylation sites is 8. The number of aromatic nitrogens is 9. The summed E-state index contributed by atoms with van der Waals surface area (Å²) in [4.78, 5) is 21.3. The Morgan fingerprint density at radius 3 is 0.993 bits per heavy atom. The lowest BCUT2D eigenvalue weighted by atomic mass is 9.99. The van der Waals surface area contributed by atoms with Gasteiger partial charge < -0.3 is 22.8 Å². The van der Waals surface area contributed by atoms with Crippen LogP contribution in [0, 0.1) is 0 Å². The molecule has 23 aromatic carbocycles. The van der Waals surface area contributed by atoms with Crippen molar-refractivity contribution in [2.24, 2.45) is 0 Å². The molecule has 8 aromatic heterocycles. The molecule has 0 saturated heterocycles. The first kappa shape index (κ1) is 77.9. The maximum absolute atomic E-state index is 5.49. The van der Waals surface area contributed by atoms with Gasteiger partial charge in [-0.3, -0.25) is 0 Å². The summed E-state index contributed by atoms with van der Waals surface area (Å²) >= 11 is 1.83. The Morgan fingerprint density at radius 1 is 0.164 bits per heavy atom. The molecule has 0 spiro atoms. The van der Waals surface area contributed by atoms with Crippen LogP contribution in [0.3, 0.4) is 0 Å². The maximum Gasteiger partial charge on any atom is 0.160 e. The van der Waals surface area contributed by atoms with E-state index in [0.717, 1.165) is 122 Å². The van der Waals surface area contributed by atoms with Crippen LogP contribution in [0.15, 0.2) is 467 Å². The van der Waals surface area contributed by atoms with E-state index in [0.29, 0.717) is 5.82 Å². The van der Waals surface area contributed by atoms with Gasteiger partial charge in [-0.05, 0) is 199 Å². The molecule has 0 unspecified atom stereocenters. The lowest BCUT2D eigenvalue weighted by Gasteiger charge is -2.16. The Kier molecular flexibility index (Phi) is 17.0. The lowest BCUT2D eigenvalue weighted by Crippen LogP contribution is -1.99. The molecule has 31 rings (SSSR count). The predicted molar refractivity (Wildman–Crippen MR) is 590 cm³/mol. The van der Waals surface area contributed by atoms with Crippen molar-refractivity contribution < 1.29 is 0 Å². The monoisotopic (exact) mass is 1800 g/mol. The summed E-state index contributed by atoms with van der Waals surface area (Å²) in [6.45, 7) is 0. The molecule has 0 N–H and O–H groups in total. The molecule has 0 fully saturated rings. The quantitative estimate of drug-likeness (QED) is 0.144. The van der Waals surface area contributed by atoms with Crippen molar-refractivity contribution in [2.45, 2.75) is 0 Å². The van der Waals surface area contributed by atoms with E-state index in [-0.39, 0.29) is 0 Å². The van der Waals surface area contributed by atoms with Crippen LogP contribution in [0.1, 0.15) is 0 Å². The van der Waals surface area contributed by atoms with Crippen LogP contribution < -0.4 is 0 Å². The van der Waals surface area contributed by atoms with Crippen molar-refractivity contribution in [3.05, 3.63) is 467 Å². The number of thiophene rings is 1. The topological polar surface area (TPSA) is 76.2 Å². The van der Waals surface area contributed by atoms with E-state index in [1.165, 1.54) is 162 Å². The first-order valence-corrected chi connectivity index (χ1v) is 48.6. The first-order chi connectivity index (χ1) is 69.4. The molecule has 648 valence electrons. The van der Waals surface area contributed by atoms with Crippen molar-refractivity contribution in [3.63, 3.8) is 0 Å². The maximum atomic E-state index is 5.49. The van der Waals surface area contributed by atoms with Gasteiger partial charge in [-0.1, -0.05) is 322 Å². The molecule has 8 heterocycles. The molecule has 0 bridgehead atoms. The fourth-order valence-electron chi connectivity index (χ4n) is 23.2. The van der Waals surface area contributed by atoms with Crippen molar-refractivity contribution in [1.82, 2.24) is 42.8 Å². The lowest BCUT2D eigenvalue weighted by molar-refractivity contribution is 1.18. The Hall–Kier alpha value is -18.5. The summed E-state index contributed by atoms with van der Waals surface area (Å²) in [5, 5.41) is 31.2. The van der Waals surface area contributed by atoms with E-state index in [2.05, 4.69) is 490 Å². The van der Waals surface area contributed by atoms with Crippen LogP contribution in [0.4, 0.5) is 0 Å². The van der Waals surface area contributed by atoms with Crippen LogP contribution in [-0.4, -0.2) is 42.8 Å². The van der Waals surface area contributed by atoms with Gasteiger partial charge in [0.2, 0.25) is 0 Å². The van der Waals surface area contributed by atoms with Gasteiger partial charge in [0.1, 0.15) is 0 Å². The highest BCUT2D eigenvalue weighted by Gasteiger charge is 2.29. The molecule has 0 amide bonds. The summed E-state index contributed by atoms with van der Waals surface area (Å²) in [5.41, 5.74) is 25.4. The number of benzene rings is 23. The van der Waals surface area contributed by atoms with E-state index in [4.69, 9.17) is 19.9 Å². The van der Waals surface area contributed by atoms with Gasteiger partial charge in [-0.25, -0.2) is 19.9 Å². The second-order valence-electron chi connectivity index (χ2n) is 37.0. The third kappa shape index (κ3) is 11.8. The van der Waals surface area contributed by atoms with Gasteiger partial charge in [0.25, 0.3) is 0 Å². The van der Waals surface area contributed by atoms with Gasteiger partial charge in [0, 0.05) is 135 Å². The minimum absolute atomic E-state index is 0.698. The van der Waals surface area contributed by atoms with Crippen LogP contribution >= 0.6 is 11.3 Å². The molecule has 0 aliphatic heterocycles. The fraction of sp³-hybridized carbons (Fsp3) is 0. The zero-order valence-electron chi connectivity index (χ0n) is 75.4. The van der Waals surface area contributed by atoms with Crippen LogP contribution in [0.5, 0.6) is 0 Å². The number of nitrogens with zero attached hydrogens (tertiary/aromatic N) is 9. The van der Waals surface area contributed by atoms with Gasteiger partial charge in [0.05, 0.1) is 89.0 Å². The Balaban J connectivity index is 0.000000132. The molecule has 140 heavy (non-hydrogen) atoms. The van der Waals surface area contributed by atoms with Crippen LogP contribution in [0.25, 0.3) is 289 Å². The van der Waals surface area contributed by atoms with E-state index in [9.17, 15) is 0 Å². The molecule has 0 radical (unpaired) electrons. The normalized spacial score (nSPS) is 12.1. The van der Waals surface area contributed by atoms with Crippen LogP contribution in [-0.2, 0) is 0 Å². The van der Waals surface area contributed by atoms with E-state index in [1.807, 2.05) is 11.3 Å². The van der Waals surface area contributed by atoms with Crippen molar-refractivity contribution >= 4 is 227 Å². The Bertz CT molecular complexity index is 10800. The third-order valence-electron chi connectivity index (χ3n) is 29.4. The van der Waals surface area contributed by atoms with Crippen LogP contribution in [0.2, 0.25) is 0 Å². The number of hydrogen-bond donors (Lipinski definition) is 0. The fourth-order valence-corrected chi connectivity index (χ4v) is 24.4. The minimum atomic E-state index is 0.698. The predicted octanol–water partition coefficient (Wildman–Crippen LogP) is 34.7. The van der Waals surface area contributed by atoms with E-state index < -0.39 is 0 Å². The number of hydrogen-bond acceptors (Lipinski definition) is 5. The molecule has 10 heteroatoms. The van der Waals surface area contributed by atoms with Gasteiger partial charge in [-0.15, -0.1) is 11.3 Å². The Morgan fingerprint density at radius 2 is 0.500 bits per heavy atom. The number of fused-ring (bicyclic) bond motifs is 26. The first-order valence-electron chi connectivity index (χ1n) is 47.8. The molecule has 0 atom stereocenters. The molecule has 0 aliphatic rings. The summed E-state index contributed by atoms with van der Waals surface area (Å²) in [7, 11) is 0. The Labute approximate surface area is 804 Å². The molecular weight excluding hydrogens is 1720 g/mol. The molecule has 0 aliphatic carbocycles. The third-order valence-corrected chi connectivity index (χ3v) is 30.5. The average Bonchev–Trinajstić information content (AvgIpc) is 1.54. The summed E-state index contributed by atoms with van der Waals surface area (Å²) in [6.07, 6.45) is 0. The summed E-state index contributed by atoms with van der Waals surface area (Å²) in [6, 6.07) is 170. The standard InChI is InChI=1S/C68H41N5.C62H36N4S/c1-2-20-48(21-3-1)71-59-30-14-10-25-53(59)64-55(27-16-32-61(64)71)66-52-24-8-12-28-57(52)69-68(70-66)47-34-33-45-38-49(36-35-44(45)37-47)72-60-31-15-11-26-54(60)65-63(72)41-46-19-6-7-22-50(46)67(65)73-58-29-13-9-23-51(58)56-39-42-17-4-5-18-43(42)40-62(56)73;1-2-15-38-35-54-50(34-37(38)14-1)45-18-6-10-24-52(45)66(54)61-44-17-4-3-16-41(44)36-55-59(61)47-20-7-11-25-53(47)65(55)43-31-30-39-32-42(29-28-40(39)33-43)62-63-51-23-9-5-19-46(51)60(64-62)49-22-13-27-57-58(49)48-21-8-12-26-56(48)67-57/h1-41H;1-36H. The molecule has 31 aromatic rings. The second-order valence-corrected chi connectivity index (χ2v) is 38.1. The highest BCUT2D eigenvalue weighted by Crippen LogP contribution is 2.51. The second kappa shape index (κ2) is 30.5. The van der Waals surface area contributed by atoms with E-state index in [1.54, 1.807) is 0 Å².